The summed E-state index contributed by atoms with van der Waals surface area (Å²) in [5, 5.41) is 8.06. The van der Waals surface area contributed by atoms with Gasteiger partial charge in [0.05, 0.1) is 0 Å². The van der Waals surface area contributed by atoms with Crippen LogP contribution in [0.25, 0.3) is 0 Å². The van der Waals surface area contributed by atoms with E-state index in [-0.39, 0.29) is 0 Å². The quantitative estimate of drug-likeness (QED) is 0.571. The summed E-state index contributed by atoms with van der Waals surface area (Å²) >= 11 is 0. The number of rotatable bonds is 0. The molecule has 72 valence electrons. The molecule has 0 fully saturated rings. The second-order valence-electron chi connectivity index (χ2n) is 2.99. The van der Waals surface area contributed by atoms with Crippen LogP contribution in [-0.4, -0.2) is 14.8 Å². The Labute approximate surface area is 79.5 Å². The van der Waals surface area contributed by atoms with E-state index in [1.54, 1.807) is 0 Å². The third kappa shape index (κ3) is 1.97. The number of aryl methyl sites for hydroxylation is 1. The van der Waals surface area contributed by atoms with Crippen molar-refractivity contribution in [3.63, 3.8) is 0 Å². The number of hydrogen-bond donors (Lipinski definition) is 0. The van der Waals surface area contributed by atoms with Gasteiger partial charge in [-0.25, -0.2) is 0 Å². The van der Waals surface area contributed by atoms with Gasteiger partial charge in [-0.15, -0.1) is 10.2 Å². The summed E-state index contributed by atoms with van der Waals surface area (Å²) in [4.78, 5) is 0. The monoisotopic (exact) mass is 179 g/mol. The van der Waals surface area contributed by atoms with Crippen molar-refractivity contribution in [1.82, 2.24) is 14.8 Å². The summed E-state index contributed by atoms with van der Waals surface area (Å²) in [6, 6.07) is 0. The highest BCUT2D eigenvalue weighted by Crippen LogP contribution is 2.16. The molecule has 0 bridgehead atoms. The van der Waals surface area contributed by atoms with E-state index in [0.717, 1.165) is 31.0 Å². The van der Waals surface area contributed by atoms with Gasteiger partial charge in [0, 0.05) is 13.0 Å². The van der Waals surface area contributed by atoms with Gasteiger partial charge in [-0.3, -0.25) is 0 Å². The first-order valence-electron chi connectivity index (χ1n) is 4.82. The Hall–Kier alpha value is -1.12. The first-order chi connectivity index (χ1) is 6.27. The molecule has 1 aliphatic rings. The van der Waals surface area contributed by atoms with Crippen molar-refractivity contribution in [2.45, 2.75) is 40.2 Å². The van der Waals surface area contributed by atoms with E-state index < -0.39 is 0 Å². The van der Waals surface area contributed by atoms with Crippen molar-refractivity contribution in [2.75, 3.05) is 0 Å². The van der Waals surface area contributed by atoms with Crippen LogP contribution in [0.2, 0.25) is 0 Å². The molecule has 13 heavy (non-hydrogen) atoms. The molecular formula is C10H17N3. The van der Waals surface area contributed by atoms with Crippen molar-refractivity contribution >= 4 is 0 Å². The summed E-state index contributed by atoms with van der Waals surface area (Å²) in [5.41, 5.74) is 1.27. The lowest BCUT2D eigenvalue weighted by molar-refractivity contribution is 0.592. The minimum Gasteiger partial charge on any atom is -0.315 e. The van der Waals surface area contributed by atoms with Gasteiger partial charge in [-0.2, -0.15) is 0 Å². The predicted molar refractivity (Wildman–Crippen MR) is 53.6 cm³/mol. The van der Waals surface area contributed by atoms with Crippen molar-refractivity contribution in [2.24, 2.45) is 0 Å². The maximum Gasteiger partial charge on any atom is 0.137 e. The molecule has 0 unspecified atom stereocenters. The molecule has 0 aliphatic carbocycles. The lowest BCUT2D eigenvalue weighted by Crippen LogP contribution is -2.13. The molecule has 0 N–H and O–H groups in total. The number of nitrogens with zero attached hydrogens (tertiary/aromatic N) is 3. The average Bonchev–Trinajstić information content (AvgIpc) is 2.51. The van der Waals surface area contributed by atoms with Gasteiger partial charge in [-0.05, 0) is 13.3 Å². The van der Waals surface area contributed by atoms with Gasteiger partial charge < -0.3 is 4.57 Å². The number of hydrogen-bond acceptors (Lipinski definition) is 2. The van der Waals surface area contributed by atoms with Crippen LogP contribution in [0.5, 0.6) is 0 Å². The molecule has 1 aromatic rings. The fourth-order valence-electron chi connectivity index (χ4n) is 1.43. The molecule has 0 aromatic carbocycles. The molecule has 2 rings (SSSR count). The van der Waals surface area contributed by atoms with Gasteiger partial charge in [0.2, 0.25) is 0 Å². The van der Waals surface area contributed by atoms with Gasteiger partial charge >= 0.3 is 0 Å². The molecule has 0 saturated carbocycles. The zero-order chi connectivity index (χ0) is 9.84. The zero-order valence-electron chi connectivity index (χ0n) is 8.67. The fraction of sp³-hybridized carbons (Fsp3) is 0.600. The van der Waals surface area contributed by atoms with Gasteiger partial charge in [0.1, 0.15) is 11.6 Å². The lowest BCUT2D eigenvalue weighted by atomic mass is 10.1. The molecule has 0 spiro atoms. The van der Waals surface area contributed by atoms with E-state index in [1.165, 1.54) is 5.57 Å². The predicted octanol–water partition coefficient (Wildman–Crippen LogP) is 2.12. The van der Waals surface area contributed by atoms with E-state index >= 15 is 0 Å². The number of aromatic nitrogens is 3. The first-order valence-corrected chi connectivity index (χ1v) is 4.82. The highest BCUT2D eigenvalue weighted by Gasteiger charge is 2.14. The van der Waals surface area contributed by atoms with E-state index in [2.05, 4.69) is 21.3 Å². The molecule has 1 aliphatic heterocycles. The Balaban J connectivity index is 0.000000396. The van der Waals surface area contributed by atoms with Crippen molar-refractivity contribution in [3.8, 4) is 0 Å². The van der Waals surface area contributed by atoms with Crippen LogP contribution in [0, 0.1) is 6.92 Å². The third-order valence-electron chi connectivity index (χ3n) is 2.11. The van der Waals surface area contributed by atoms with Crippen LogP contribution >= 0.6 is 0 Å². The standard InChI is InChI=1S/C8H11N3.C2H6/c1-6-3-4-11-7(2)9-10-8(11)5-6;1-2/h1,3-5H2,2H3;1-2H3. The largest absolute Gasteiger partial charge is 0.315 e. The van der Waals surface area contributed by atoms with Gasteiger partial charge in [0.15, 0.2) is 0 Å². The Morgan fingerprint density at radius 1 is 1.31 bits per heavy atom. The van der Waals surface area contributed by atoms with E-state index in [0.29, 0.717) is 0 Å². The van der Waals surface area contributed by atoms with Crippen LogP contribution < -0.4 is 0 Å². The highest BCUT2D eigenvalue weighted by molar-refractivity contribution is 5.11. The SMILES string of the molecule is C=C1CCn2c(C)nnc2C1.CC. The van der Waals surface area contributed by atoms with Crippen LogP contribution in [0.15, 0.2) is 12.2 Å². The third-order valence-corrected chi connectivity index (χ3v) is 2.11. The molecule has 1 aromatic heterocycles. The van der Waals surface area contributed by atoms with Crippen LogP contribution in [0.4, 0.5) is 0 Å². The second kappa shape index (κ2) is 4.21. The highest BCUT2D eigenvalue weighted by atomic mass is 15.3. The van der Waals surface area contributed by atoms with Crippen molar-refractivity contribution < 1.29 is 0 Å². The van der Waals surface area contributed by atoms with E-state index in [4.69, 9.17) is 0 Å². The molecule has 2 heterocycles. The minimum atomic E-state index is 0.904. The van der Waals surface area contributed by atoms with Crippen molar-refractivity contribution in [1.29, 1.82) is 0 Å². The minimum absolute atomic E-state index is 0.904. The fourth-order valence-corrected chi connectivity index (χ4v) is 1.43. The summed E-state index contributed by atoms with van der Waals surface area (Å²) < 4.78 is 2.16. The van der Waals surface area contributed by atoms with E-state index in [1.807, 2.05) is 20.8 Å². The summed E-state index contributed by atoms with van der Waals surface area (Å²) in [5.74, 6) is 2.09. The lowest BCUT2D eigenvalue weighted by Gasteiger charge is -2.15. The molecular weight excluding hydrogens is 162 g/mol. The Morgan fingerprint density at radius 2 is 2.00 bits per heavy atom. The number of fused-ring (bicyclic) bond motifs is 1. The molecule has 0 radical (unpaired) electrons. The summed E-state index contributed by atoms with van der Waals surface area (Å²) in [6.07, 6.45) is 1.98. The smallest absolute Gasteiger partial charge is 0.137 e. The summed E-state index contributed by atoms with van der Waals surface area (Å²) in [7, 11) is 0. The molecule has 0 atom stereocenters. The average molecular weight is 179 g/mol. The van der Waals surface area contributed by atoms with Gasteiger partial charge in [0.25, 0.3) is 0 Å². The Bertz CT molecular complexity index is 299. The first kappa shape index (κ1) is 9.96. The Morgan fingerprint density at radius 3 is 2.69 bits per heavy atom. The molecule has 3 nitrogen and oxygen atoms in total. The van der Waals surface area contributed by atoms with Crippen LogP contribution in [0.1, 0.15) is 31.9 Å². The van der Waals surface area contributed by atoms with E-state index in [9.17, 15) is 0 Å². The molecule has 0 saturated heterocycles. The maximum atomic E-state index is 4.06. The Kier molecular flexibility index (Phi) is 3.23. The summed E-state index contributed by atoms with van der Waals surface area (Å²) in [6.45, 7) is 10.9. The maximum absolute atomic E-state index is 4.06. The van der Waals surface area contributed by atoms with Crippen LogP contribution in [-0.2, 0) is 13.0 Å². The molecule has 3 heteroatoms. The zero-order valence-corrected chi connectivity index (χ0v) is 8.67. The number of allylic oxidation sites excluding steroid dienone is 1. The van der Waals surface area contributed by atoms with Gasteiger partial charge in [-0.1, -0.05) is 26.0 Å². The topological polar surface area (TPSA) is 30.7 Å². The normalized spacial score (nSPS) is 14.5. The molecule has 0 amide bonds. The van der Waals surface area contributed by atoms with Crippen molar-refractivity contribution in [3.05, 3.63) is 23.8 Å². The van der Waals surface area contributed by atoms with Crippen LogP contribution in [0.3, 0.4) is 0 Å². The second-order valence-corrected chi connectivity index (χ2v) is 2.99.